The van der Waals surface area contributed by atoms with Crippen LogP contribution in [0, 0.1) is 0 Å². The molecule has 1 aromatic heterocycles. The molecular weight excluding hydrogens is 631 g/mol. The average Bonchev–Trinajstić information content (AvgIpc) is 3.64. The second kappa shape index (κ2) is 9.46. The largest absolute Gasteiger partial charge is 0.456 e. The average molecular weight is 667 g/mol. The lowest BCUT2D eigenvalue weighted by Gasteiger charge is -2.51. The van der Waals surface area contributed by atoms with Gasteiger partial charge < -0.3 is 14.1 Å². The fourth-order valence-electron chi connectivity index (χ4n) is 10.5. The smallest absolute Gasteiger partial charge is 0.333 e. The number of rotatable bonds is 1. The summed E-state index contributed by atoms with van der Waals surface area (Å²) in [6, 6.07) is 52.0. The summed E-state index contributed by atoms with van der Waals surface area (Å²) < 4.78 is 6.67. The van der Waals surface area contributed by atoms with E-state index in [1.165, 1.54) is 83.9 Å². The predicted molar refractivity (Wildman–Crippen MR) is 217 cm³/mol. The van der Waals surface area contributed by atoms with E-state index >= 15 is 0 Å². The lowest BCUT2D eigenvalue weighted by Crippen LogP contribution is -2.62. The zero-order valence-corrected chi connectivity index (χ0v) is 29.7. The fraction of sp³-hybridized carbons (Fsp3) is 0.125. The van der Waals surface area contributed by atoms with Gasteiger partial charge in [-0.05, 0) is 92.3 Å². The van der Waals surface area contributed by atoms with Crippen LogP contribution in [0.5, 0.6) is 0 Å². The van der Waals surface area contributed by atoms with Gasteiger partial charge in [-0.25, -0.2) is 0 Å². The highest BCUT2D eigenvalue weighted by molar-refractivity contribution is 6.93. The standard InChI is InChI=1S/C48H35BN2O/c1-47(2)35-20-11-12-23-38(35)50-40-26-32-29-17-8-10-19-34(29)48(3,4)44(32)43-33-27-42-31(30-18-9-13-24-41(30)52-42)25-39(33)51(28-15-6-5-7-16-28)49(45(40)43)37-22-14-21-36(47)46(37)50/h5-27H,1-4H3. The Balaban J connectivity index is 1.31. The first kappa shape index (κ1) is 28.7. The van der Waals surface area contributed by atoms with E-state index < -0.39 is 0 Å². The van der Waals surface area contributed by atoms with Crippen LogP contribution in [0.3, 0.4) is 0 Å². The number of nitrogens with zero attached hydrogens (tertiary/aromatic N) is 2. The molecule has 0 saturated carbocycles. The monoisotopic (exact) mass is 666 g/mol. The topological polar surface area (TPSA) is 19.6 Å². The Kier molecular flexibility index (Phi) is 5.21. The van der Waals surface area contributed by atoms with E-state index in [4.69, 9.17) is 4.42 Å². The van der Waals surface area contributed by atoms with E-state index in [1.807, 2.05) is 0 Å². The fourth-order valence-corrected chi connectivity index (χ4v) is 10.5. The maximum Gasteiger partial charge on any atom is 0.333 e. The van der Waals surface area contributed by atoms with Crippen LogP contribution < -0.4 is 20.6 Å². The molecule has 0 bridgehead atoms. The summed E-state index contributed by atoms with van der Waals surface area (Å²) in [5.41, 5.74) is 21.2. The number of furan rings is 1. The molecule has 52 heavy (non-hydrogen) atoms. The lowest BCUT2D eigenvalue weighted by molar-refractivity contribution is 0.632. The minimum absolute atomic E-state index is 0.0485. The normalized spacial score (nSPS) is 16.3. The number of fused-ring (bicyclic) bond motifs is 13. The highest BCUT2D eigenvalue weighted by Crippen LogP contribution is 2.60. The maximum atomic E-state index is 6.67. The van der Waals surface area contributed by atoms with Gasteiger partial charge in [0.15, 0.2) is 0 Å². The van der Waals surface area contributed by atoms with Gasteiger partial charge in [-0.2, -0.15) is 0 Å². The van der Waals surface area contributed by atoms with Gasteiger partial charge in [-0.15, -0.1) is 0 Å². The summed E-state index contributed by atoms with van der Waals surface area (Å²) in [6.45, 7) is 9.59. The van der Waals surface area contributed by atoms with Crippen molar-refractivity contribution in [1.82, 2.24) is 0 Å². The summed E-state index contributed by atoms with van der Waals surface area (Å²) >= 11 is 0. The van der Waals surface area contributed by atoms with Crippen LogP contribution in [0.15, 0.2) is 144 Å². The summed E-state index contributed by atoms with van der Waals surface area (Å²) in [7, 11) is 0. The molecule has 7 aromatic carbocycles. The van der Waals surface area contributed by atoms with Crippen LogP contribution in [-0.4, -0.2) is 6.85 Å². The van der Waals surface area contributed by atoms with Gasteiger partial charge in [-0.1, -0.05) is 125 Å². The molecule has 0 N–H and O–H groups in total. The first-order chi connectivity index (χ1) is 25.3. The lowest BCUT2D eigenvalue weighted by atomic mass is 9.42. The van der Waals surface area contributed by atoms with Crippen LogP contribution in [-0.2, 0) is 10.8 Å². The highest BCUT2D eigenvalue weighted by Gasteiger charge is 2.52. The number of benzene rings is 7. The van der Waals surface area contributed by atoms with Crippen LogP contribution in [0.25, 0.3) is 44.2 Å². The van der Waals surface area contributed by atoms with Crippen LogP contribution in [0.1, 0.15) is 49.9 Å². The molecule has 0 radical (unpaired) electrons. The molecule has 0 amide bonds. The molecule has 4 heteroatoms. The molecular formula is C48H35BN2O. The highest BCUT2D eigenvalue weighted by atomic mass is 16.3. The van der Waals surface area contributed by atoms with Gasteiger partial charge >= 0.3 is 6.85 Å². The molecule has 3 nitrogen and oxygen atoms in total. The van der Waals surface area contributed by atoms with Crippen molar-refractivity contribution < 1.29 is 4.42 Å². The second-order valence-corrected chi connectivity index (χ2v) is 16.1. The van der Waals surface area contributed by atoms with Crippen molar-refractivity contribution in [2.24, 2.45) is 0 Å². The Morgan fingerprint density at radius 2 is 1.25 bits per heavy atom. The van der Waals surface area contributed by atoms with Crippen molar-refractivity contribution in [3.8, 4) is 22.3 Å². The molecule has 0 spiro atoms. The molecule has 8 aromatic rings. The molecule has 0 atom stereocenters. The van der Waals surface area contributed by atoms with Crippen LogP contribution in [0.4, 0.5) is 28.4 Å². The summed E-state index contributed by atoms with van der Waals surface area (Å²) in [5.74, 6) is 0. The van der Waals surface area contributed by atoms with E-state index in [2.05, 4.69) is 177 Å². The summed E-state index contributed by atoms with van der Waals surface area (Å²) in [6.07, 6.45) is 0. The molecule has 0 unspecified atom stereocenters. The molecule has 4 aliphatic rings. The Hall–Kier alpha value is -6.00. The summed E-state index contributed by atoms with van der Waals surface area (Å²) in [4.78, 5) is 5.24. The van der Waals surface area contributed by atoms with Gasteiger partial charge in [-0.3, -0.25) is 0 Å². The Labute approximate surface area is 303 Å². The van der Waals surface area contributed by atoms with Crippen molar-refractivity contribution in [3.63, 3.8) is 0 Å². The van der Waals surface area contributed by atoms with Crippen molar-refractivity contribution in [2.45, 2.75) is 38.5 Å². The van der Waals surface area contributed by atoms with Gasteiger partial charge in [0.1, 0.15) is 11.2 Å². The third-order valence-corrected chi connectivity index (χ3v) is 12.8. The SMILES string of the molecule is CC1(C)c2ccccc2N2c3cc4c(c5c3B(c3cccc1c32)N(c1ccccc1)c1cc2c(cc1-5)oc1ccccc12)C(C)(C)c1ccccc1-4. The van der Waals surface area contributed by atoms with Gasteiger partial charge in [0, 0.05) is 49.9 Å². The predicted octanol–water partition coefficient (Wildman–Crippen LogP) is 11.2. The molecule has 3 aliphatic heterocycles. The van der Waals surface area contributed by atoms with Gasteiger partial charge in [0.2, 0.25) is 0 Å². The third-order valence-electron chi connectivity index (χ3n) is 12.8. The molecule has 1 aliphatic carbocycles. The van der Waals surface area contributed by atoms with Gasteiger partial charge in [0.25, 0.3) is 0 Å². The summed E-state index contributed by atoms with van der Waals surface area (Å²) in [5, 5.41) is 2.30. The van der Waals surface area contributed by atoms with E-state index in [9.17, 15) is 0 Å². The Morgan fingerprint density at radius 1 is 0.519 bits per heavy atom. The van der Waals surface area contributed by atoms with Crippen LogP contribution >= 0.6 is 0 Å². The van der Waals surface area contributed by atoms with Crippen LogP contribution in [0.2, 0.25) is 0 Å². The number of hydrogen-bond donors (Lipinski definition) is 0. The van der Waals surface area contributed by atoms with E-state index in [0.29, 0.717) is 0 Å². The van der Waals surface area contributed by atoms with E-state index in [-0.39, 0.29) is 17.7 Å². The van der Waals surface area contributed by atoms with Crippen molar-refractivity contribution in [1.29, 1.82) is 0 Å². The van der Waals surface area contributed by atoms with E-state index in [0.717, 1.165) is 21.9 Å². The second-order valence-electron chi connectivity index (χ2n) is 16.1. The first-order valence-corrected chi connectivity index (χ1v) is 18.5. The van der Waals surface area contributed by atoms with Crippen molar-refractivity contribution in [3.05, 3.63) is 162 Å². The Morgan fingerprint density at radius 3 is 2.12 bits per heavy atom. The molecule has 12 rings (SSSR count). The van der Waals surface area contributed by atoms with E-state index in [1.54, 1.807) is 0 Å². The van der Waals surface area contributed by atoms with Gasteiger partial charge in [0.05, 0.1) is 5.69 Å². The molecule has 0 fully saturated rings. The minimum Gasteiger partial charge on any atom is -0.456 e. The number of anilines is 5. The number of para-hydroxylation sites is 4. The minimum atomic E-state index is -0.209. The zero-order chi connectivity index (χ0) is 34.7. The van der Waals surface area contributed by atoms with Crippen molar-refractivity contribution >= 4 is 68.1 Å². The van der Waals surface area contributed by atoms with Crippen molar-refractivity contribution in [2.75, 3.05) is 9.71 Å². The Bertz CT molecular complexity index is 2880. The molecule has 246 valence electrons. The number of hydrogen-bond acceptors (Lipinski definition) is 3. The zero-order valence-electron chi connectivity index (χ0n) is 29.7. The molecule has 0 saturated heterocycles. The molecule has 4 heterocycles. The third kappa shape index (κ3) is 3.30. The quantitative estimate of drug-likeness (QED) is 0.163. The maximum absolute atomic E-state index is 6.67. The first-order valence-electron chi connectivity index (χ1n) is 18.5.